The van der Waals surface area contributed by atoms with Crippen LogP contribution in [0.4, 0.5) is 4.39 Å². The number of carbonyl (C=O) groups excluding carboxylic acids is 1. The molecule has 4 rings (SSSR count). The smallest absolute Gasteiger partial charge is 0.256 e. The Balaban J connectivity index is 1.45. The zero-order valence-corrected chi connectivity index (χ0v) is 14.6. The van der Waals surface area contributed by atoms with E-state index < -0.39 is 5.82 Å². The number of aromatic nitrogens is 3. The van der Waals surface area contributed by atoms with Gasteiger partial charge in [-0.25, -0.2) is 14.4 Å². The average molecular weight is 359 g/mol. The first-order chi connectivity index (χ1) is 12.1. The summed E-state index contributed by atoms with van der Waals surface area (Å²) in [4.78, 5) is 28.4. The van der Waals surface area contributed by atoms with Crippen LogP contribution in [0, 0.1) is 12.7 Å². The van der Waals surface area contributed by atoms with E-state index in [1.807, 2.05) is 6.92 Å². The largest absolute Gasteiger partial charge is 0.344 e. The predicted molar refractivity (Wildman–Crippen MR) is 94.1 cm³/mol. The SMILES string of the molecule is Cc1nc(CN2CCN(C(=O)c3cc(F)cc4[nH]cnc34)CC2)cs1. The molecule has 1 aliphatic rings. The molecule has 25 heavy (non-hydrogen) atoms. The highest BCUT2D eigenvalue weighted by Crippen LogP contribution is 2.20. The van der Waals surface area contributed by atoms with Crippen LogP contribution < -0.4 is 0 Å². The molecular formula is C17H18FN5OS. The normalized spacial score (nSPS) is 15.8. The molecule has 0 aliphatic carbocycles. The topological polar surface area (TPSA) is 65.1 Å². The van der Waals surface area contributed by atoms with Crippen LogP contribution in [0.1, 0.15) is 21.1 Å². The summed E-state index contributed by atoms with van der Waals surface area (Å²) in [6.45, 7) is 5.59. The first kappa shape index (κ1) is 16.2. The van der Waals surface area contributed by atoms with E-state index in [0.717, 1.165) is 30.3 Å². The van der Waals surface area contributed by atoms with E-state index in [-0.39, 0.29) is 5.91 Å². The molecule has 0 saturated carbocycles. The number of hydrogen-bond donors (Lipinski definition) is 1. The Morgan fingerprint density at radius 3 is 2.84 bits per heavy atom. The second kappa shape index (κ2) is 6.53. The molecule has 1 amide bonds. The molecule has 130 valence electrons. The molecule has 3 aromatic rings. The molecule has 0 radical (unpaired) electrons. The summed E-state index contributed by atoms with van der Waals surface area (Å²) in [5.41, 5.74) is 2.46. The molecular weight excluding hydrogens is 341 g/mol. The maximum absolute atomic E-state index is 13.8. The quantitative estimate of drug-likeness (QED) is 0.780. The van der Waals surface area contributed by atoms with Crippen LogP contribution in [-0.2, 0) is 6.54 Å². The van der Waals surface area contributed by atoms with Gasteiger partial charge in [0.05, 0.1) is 28.1 Å². The number of imidazole rings is 1. The summed E-state index contributed by atoms with van der Waals surface area (Å²) in [6, 6.07) is 2.63. The van der Waals surface area contributed by atoms with Crippen molar-refractivity contribution in [1.29, 1.82) is 0 Å². The molecule has 1 aromatic carbocycles. The van der Waals surface area contributed by atoms with Gasteiger partial charge in [0.1, 0.15) is 11.3 Å². The fourth-order valence-electron chi connectivity index (χ4n) is 3.17. The number of benzene rings is 1. The van der Waals surface area contributed by atoms with Gasteiger partial charge in [-0.3, -0.25) is 9.69 Å². The number of nitrogens with zero attached hydrogens (tertiary/aromatic N) is 4. The molecule has 3 heterocycles. The van der Waals surface area contributed by atoms with E-state index in [9.17, 15) is 9.18 Å². The monoisotopic (exact) mass is 359 g/mol. The Morgan fingerprint density at radius 1 is 1.32 bits per heavy atom. The summed E-state index contributed by atoms with van der Waals surface area (Å²) in [5, 5.41) is 3.14. The first-order valence-electron chi connectivity index (χ1n) is 8.15. The second-order valence-electron chi connectivity index (χ2n) is 6.18. The van der Waals surface area contributed by atoms with Crippen LogP contribution in [-0.4, -0.2) is 56.8 Å². The van der Waals surface area contributed by atoms with Gasteiger partial charge in [0.2, 0.25) is 0 Å². The molecule has 0 spiro atoms. The lowest BCUT2D eigenvalue weighted by molar-refractivity contribution is 0.0628. The minimum atomic E-state index is -0.433. The minimum Gasteiger partial charge on any atom is -0.344 e. The standard InChI is InChI=1S/C17H18FN5OS/c1-11-21-13(9-25-11)8-22-2-4-23(5-3-22)17(24)14-6-12(18)7-15-16(14)20-10-19-15/h6-7,9-10H,2-5,8H2,1H3,(H,19,20). The van der Waals surface area contributed by atoms with Crippen LogP contribution in [0.5, 0.6) is 0 Å². The molecule has 0 bridgehead atoms. The van der Waals surface area contributed by atoms with Gasteiger partial charge in [0, 0.05) is 38.1 Å². The number of fused-ring (bicyclic) bond motifs is 1. The fraction of sp³-hybridized carbons (Fsp3) is 0.353. The fourth-order valence-corrected chi connectivity index (χ4v) is 3.77. The summed E-state index contributed by atoms with van der Waals surface area (Å²) in [5.74, 6) is -0.599. The van der Waals surface area contributed by atoms with E-state index in [4.69, 9.17) is 0 Å². The van der Waals surface area contributed by atoms with Gasteiger partial charge in [-0.05, 0) is 19.1 Å². The van der Waals surface area contributed by atoms with E-state index in [1.54, 1.807) is 16.2 Å². The van der Waals surface area contributed by atoms with Crippen molar-refractivity contribution >= 4 is 28.3 Å². The van der Waals surface area contributed by atoms with E-state index in [0.29, 0.717) is 29.7 Å². The number of aromatic amines is 1. The van der Waals surface area contributed by atoms with Gasteiger partial charge < -0.3 is 9.88 Å². The van der Waals surface area contributed by atoms with Crippen molar-refractivity contribution in [3.63, 3.8) is 0 Å². The number of rotatable bonds is 3. The third-order valence-electron chi connectivity index (χ3n) is 4.43. The number of nitrogens with one attached hydrogen (secondary N) is 1. The van der Waals surface area contributed by atoms with E-state index in [1.165, 1.54) is 18.5 Å². The molecule has 1 fully saturated rings. The number of piperazine rings is 1. The third-order valence-corrected chi connectivity index (χ3v) is 5.25. The van der Waals surface area contributed by atoms with Crippen LogP contribution >= 0.6 is 11.3 Å². The highest BCUT2D eigenvalue weighted by molar-refractivity contribution is 7.09. The van der Waals surface area contributed by atoms with Gasteiger partial charge >= 0.3 is 0 Å². The maximum Gasteiger partial charge on any atom is 0.256 e. The summed E-state index contributed by atoms with van der Waals surface area (Å²) < 4.78 is 13.8. The summed E-state index contributed by atoms with van der Waals surface area (Å²) in [7, 11) is 0. The zero-order chi connectivity index (χ0) is 17.4. The number of H-pyrrole nitrogens is 1. The minimum absolute atomic E-state index is 0.166. The maximum atomic E-state index is 13.8. The number of hydrogen-bond acceptors (Lipinski definition) is 5. The Morgan fingerprint density at radius 2 is 2.12 bits per heavy atom. The van der Waals surface area contributed by atoms with Crippen LogP contribution in [0.25, 0.3) is 11.0 Å². The number of halogens is 1. The average Bonchev–Trinajstić information content (AvgIpc) is 3.23. The summed E-state index contributed by atoms with van der Waals surface area (Å²) in [6.07, 6.45) is 1.48. The van der Waals surface area contributed by atoms with Gasteiger partial charge in [-0.1, -0.05) is 0 Å². The molecule has 0 unspecified atom stereocenters. The summed E-state index contributed by atoms with van der Waals surface area (Å²) >= 11 is 1.65. The number of thiazole rings is 1. The van der Waals surface area contributed by atoms with Gasteiger partial charge in [0.25, 0.3) is 5.91 Å². The van der Waals surface area contributed by atoms with Crippen molar-refractivity contribution in [3.8, 4) is 0 Å². The molecule has 6 nitrogen and oxygen atoms in total. The number of carbonyl (C=O) groups is 1. The van der Waals surface area contributed by atoms with Crippen molar-refractivity contribution < 1.29 is 9.18 Å². The van der Waals surface area contributed by atoms with Crippen molar-refractivity contribution in [2.75, 3.05) is 26.2 Å². The lowest BCUT2D eigenvalue weighted by atomic mass is 10.1. The van der Waals surface area contributed by atoms with E-state index in [2.05, 4.69) is 25.2 Å². The highest BCUT2D eigenvalue weighted by atomic mass is 32.1. The number of amides is 1. The molecule has 1 saturated heterocycles. The molecule has 1 aliphatic heterocycles. The van der Waals surface area contributed by atoms with Crippen LogP contribution in [0.2, 0.25) is 0 Å². The van der Waals surface area contributed by atoms with Crippen molar-refractivity contribution in [3.05, 3.63) is 45.9 Å². The van der Waals surface area contributed by atoms with Crippen LogP contribution in [0.15, 0.2) is 23.8 Å². The Bertz CT molecular complexity index is 913. The Kier molecular flexibility index (Phi) is 4.22. The molecule has 0 atom stereocenters. The predicted octanol–water partition coefficient (Wildman–Crippen LogP) is 2.42. The van der Waals surface area contributed by atoms with Crippen LogP contribution in [0.3, 0.4) is 0 Å². The highest BCUT2D eigenvalue weighted by Gasteiger charge is 2.25. The zero-order valence-electron chi connectivity index (χ0n) is 13.8. The molecule has 2 aromatic heterocycles. The van der Waals surface area contributed by atoms with Gasteiger partial charge in [-0.2, -0.15) is 0 Å². The van der Waals surface area contributed by atoms with Gasteiger partial charge in [0.15, 0.2) is 0 Å². The Labute approximate surface area is 148 Å². The molecule has 1 N–H and O–H groups in total. The van der Waals surface area contributed by atoms with Crippen molar-refractivity contribution in [2.24, 2.45) is 0 Å². The second-order valence-corrected chi connectivity index (χ2v) is 7.24. The number of aryl methyl sites for hydroxylation is 1. The van der Waals surface area contributed by atoms with Crippen molar-refractivity contribution in [2.45, 2.75) is 13.5 Å². The lowest BCUT2D eigenvalue weighted by Crippen LogP contribution is -2.48. The Hall–Kier alpha value is -2.32. The lowest BCUT2D eigenvalue weighted by Gasteiger charge is -2.34. The van der Waals surface area contributed by atoms with Gasteiger partial charge in [-0.15, -0.1) is 11.3 Å². The first-order valence-corrected chi connectivity index (χ1v) is 9.03. The van der Waals surface area contributed by atoms with E-state index >= 15 is 0 Å². The molecule has 8 heteroatoms. The third kappa shape index (κ3) is 3.27. The van der Waals surface area contributed by atoms with Crippen molar-refractivity contribution in [1.82, 2.24) is 24.8 Å².